The second-order valence-corrected chi connectivity index (χ2v) is 5.37. The van der Waals surface area contributed by atoms with Crippen LogP contribution in [-0.2, 0) is 7.05 Å². The van der Waals surface area contributed by atoms with E-state index in [9.17, 15) is 4.79 Å². The van der Waals surface area contributed by atoms with Crippen molar-refractivity contribution in [1.29, 1.82) is 0 Å². The molecule has 25 heavy (non-hydrogen) atoms. The number of hydrogen-bond acceptors (Lipinski definition) is 6. The van der Waals surface area contributed by atoms with Crippen LogP contribution in [0.4, 0.5) is 21.9 Å². The van der Waals surface area contributed by atoms with E-state index in [0.717, 1.165) is 0 Å². The van der Waals surface area contributed by atoms with Gasteiger partial charge < -0.3 is 20.5 Å². The van der Waals surface area contributed by atoms with Crippen LogP contribution < -0.4 is 20.5 Å². The third kappa shape index (κ3) is 3.72. The lowest BCUT2D eigenvalue weighted by atomic mass is 10.2. The summed E-state index contributed by atoms with van der Waals surface area (Å²) in [4.78, 5) is 12.1. The number of aryl methyl sites for hydroxylation is 2. The quantitative estimate of drug-likeness (QED) is 0.429. The lowest BCUT2D eigenvalue weighted by Gasteiger charge is -2.11. The number of aromatic nitrogens is 2. The first-order chi connectivity index (χ1) is 12.0. The summed E-state index contributed by atoms with van der Waals surface area (Å²) in [5, 5.41) is 7.44. The summed E-state index contributed by atoms with van der Waals surface area (Å²) < 4.78 is 12.0. The van der Waals surface area contributed by atoms with Crippen LogP contribution in [0.5, 0.6) is 11.6 Å². The van der Waals surface area contributed by atoms with Crippen LogP contribution in [0.3, 0.4) is 0 Å². The summed E-state index contributed by atoms with van der Waals surface area (Å²) >= 11 is 0. The van der Waals surface area contributed by atoms with E-state index >= 15 is 0 Å². The summed E-state index contributed by atoms with van der Waals surface area (Å²) in [6.07, 6.45) is -0.849. The molecule has 2 aromatic carbocycles. The van der Waals surface area contributed by atoms with E-state index in [1.54, 1.807) is 44.3 Å². The van der Waals surface area contributed by atoms with Crippen molar-refractivity contribution in [2.75, 3.05) is 11.1 Å². The summed E-state index contributed by atoms with van der Waals surface area (Å²) in [5.41, 5.74) is 8.43. The molecule has 0 amide bonds. The number of anilines is 3. The van der Waals surface area contributed by atoms with Gasteiger partial charge in [-0.2, -0.15) is 5.10 Å². The van der Waals surface area contributed by atoms with Crippen LogP contribution >= 0.6 is 0 Å². The molecule has 1 heterocycles. The molecule has 0 radical (unpaired) electrons. The van der Waals surface area contributed by atoms with Crippen LogP contribution in [-0.4, -0.2) is 15.9 Å². The van der Waals surface area contributed by atoms with E-state index < -0.39 is 6.16 Å². The molecule has 0 spiro atoms. The highest BCUT2D eigenvalue weighted by atomic mass is 16.7. The van der Waals surface area contributed by atoms with E-state index in [0.29, 0.717) is 28.5 Å². The Morgan fingerprint density at radius 3 is 2.48 bits per heavy atom. The SMILES string of the molecule is Cc1nn(C)c(OC(=O)Oc2ccccc2)c1Nc1ccccc1N. The summed E-state index contributed by atoms with van der Waals surface area (Å²) in [7, 11) is 1.68. The normalized spacial score (nSPS) is 10.3. The molecule has 0 aliphatic carbocycles. The van der Waals surface area contributed by atoms with Crippen molar-refractivity contribution in [3.63, 3.8) is 0 Å². The number of benzene rings is 2. The van der Waals surface area contributed by atoms with Crippen LogP contribution in [0, 0.1) is 6.92 Å². The predicted molar refractivity (Wildman–Crippen MR) is 95.2 cm³/mol. The second-order valence-electron chi connectivity index (χ2n) is 5.37. The predicted octanol–water partition coefficient (Wildman–Crippen LogP) is 3.63. The first-order valence-electron chi connectivity index (χ1n) is 7.64. The van der Waals surface area contributed by atoms with Gasteiger partial charge in [-0.05, 0) is 31.2 Å². The molecule has 0 atom stereocenters. The van der Waals surface area contributed by atoms with Gasteiger partial charge >= 0.3 is 6.16 Å². The molecule has 1 aromatic heterocycles. The fourth-order valence-electron chi connectivity index (χ4n) is 2.33. The molecular formula is C18H18N4O3. The van der Waals surface area contributed by atoms with E-state index in [1.165, 1.54) is 4.68 Å². The van der Waals surface area contributed by atoms with Crippen molar-refractivity contribution in [1.82, 2.24) is 9.78 Å². The van der Waals surface area contributed by atoms with Crippen molar-refractivity contribution < 1.29 is 14.3 Å². The molecule has 0 aliphatic heterocycles. The Morgan fingerprint density at radius 1 is 1.08 bits per heavy atom. The summed E-state index contributed by atoms with van der Waals surface area (Å²) in [6.45, 7) is 1.80. The molecule has 0 saturated carbocycles. The standard InChI is InChI=1S/C18H18N4O3/c1-12-16(20-15-11-7-6-10-14(15)19)17(22(2)21-12)25-18(23)24-13-8-4-3-5-9-13/h3-11,20H,19H2,1-2H3. The molecule has 0 bridgehead atoms. The van der Waals surface area contributed by atoms with Crippen molar-refractivity contribution in [3.05, 3.63) is 60.3 Å². The minimum atomic E-state index is -0.849. The minimum absolute atomic E-state index is 0.238. The zero-order chi connectivity index (χ0) is 17.8. The zero-order valence-electron chi connectivity index (χ0n) is 13.9. The number of carbonyl (C=O) groups excluding carboxylic acids is 1. The summed E-state index contributed by atoms with van der Waals surface area (Å²) in [5.74, 6) is 0.634. The van der Waals surface area contributed by atoms with E-state index in [2.05, 4.69) is 10.4 Å². The van der Waals surface area contributed by atoms with Crippen molar-refractivity contribution in [2.45, 2.75) is 6.92 Å². The molecule has 0 unspecified atom stereocenters. The van der Waals surface area contributed by atoms with Crippen LogP contribution in [0.2, 0.25) is 0 Å². The third-order valence-corrected chi connectivity index (χ3v) is 3.51. The smallest absolute Gasteiger partial charge is 0.397 e. The van der Waals surface area contributed by atoms with E-state index in [4.69, 9.17) is 15.2 Å². The number of ether oxygens (including phenoxy) is 2. The molecule has 128 valence electrons. The Kier molecular flexibility index (Phi) is 4.56. The topological polar surface area (TPSA) is 91.4 Å². The fourth-order valence-corrected chi connectivity index (χ4v) is 2.33. The number of hydrogen-bond donors (Lipinski definition) is 2. The fraction of sp³-hybridized carbons (Fsp3) is 0.111. The van der Waals surface area contributed by atoms with Gasteiger partial charge in [0, 0.05) is 7.05 Å². The number of nitrogen functional groups attached to an aromatic ring is 1. The van der Waals surface area contributed by atoms with Gasteiger partial charge in [-0.1, -0.05) is 30.3 Å². The van der Waals surface area contributed by atoms with Crippen LogP contribution in [0.15, 0.2) is 54.6 Å². The molecule has 7 nitrogen and oxygen atoms in total. The van der Waals surface area contributed by atoms with Gasteiger partial charge in [-0.15, -0.1) is 0 Å². The lowest BCUT2D eigenvalue weighted by molar-refractivity contribution is 0.148. The number of para-hydroxylation sites is 3. The Bertz CT molecular complexity index is 891. The molecule has 0 aliphatic rings. The maximum Gasteiger partial charge on any atom is 0.520 e. The number of carbonyl (C=O) groups is 1. The van der Waals surface area contributed by atoms with Gasteiger partial charge in [0.1, 0.15) is 11.4 Å². The molecule has 3 N–H and O–H groups in total. The van der Waals surface area contributed by atoms with Gasteiger partial charge in [0.2, 0.25) is 5.88 Å². The maximum absolute atomic E-state index is 12.1. The largest absolute Gasteiger partial charge is 0.520 e. The molecule has 0 fully saturated rings. The molecule has 7 heteroatoms. The van der Waals surface area contributed by atoms with Gasteiger partial charge in [0.05, 0.1) is 17.1 Å². The third-order valence-electron chi connectivity index (χ3n) is 3.51. The molecule has 3 aromatic rings. The number of nitrogens with two attached hydrogens (primary N) is 1. The highest BCUT2D eigenvalue weighted by molar-refractivity contribution is 5.77. The Labute approximate surface area is 145 Å². The van der Waals surface area contributed by atoms with Crippen LogP contribution in [0.1, 0.15) is 5.69 Å². The van der Waals surface area contributed by atoms with E-state index in [-0.39, 0.29) is 5.88 Å². The Morgan fingerprint density at radius 2 is 1.76 bits per heavy atom. The molecular weight excluding hydrogens is 320 g/mol. The first kappa shape index (κ1) is 16.4. The zero-order valence-corrected chi connectivity index (χ0v) is 13.9. The van der Waals surface area contributed by atoms with Crippen LogP contribution in [0.25, 0.3) is 0 Å². The lowest BCUT2D eigenvalue weighted by Crippen LogP contribution is -2.16. The highest BCUT2D eigenvalue weighted by Crippen LogP contribution is 2.33. The van der Waals surface area contributed by atoms with Crippen molar-refractivity contribution in [2.24, 2.45) is 7.05 Å². The first-order valence-corrected chi connectivity index (χ1v) is 7.64. The highest BCUT2D eigenvalue weighted by Gasteiger charge is 2.20. The average Bonchev–Trinajstić information content (AvgIpc) is 2.84. The molecule has 0 saturated heterocycles. The second kappa shape index (κ2) is 6.96. The van der Waals surface area contributed by atoms with Gasteiger partial charge in [-0.3, -0.25) is 0 Å². The Hall–Kier alpha value is -3.48. The number of nitrogens with zero attached hydrogens (tertiary/aromatic N) is 2. The summed E-state index contributed by atoms with van der Waals surface area (Å²) in [6, 6.07) is 16.0. The van der Waals surface area contributed by atoms with Gasteiger partial charge in [0.25, 0.3) is 0 Å². The van der Waals surface area contributed by atoms with Gasteiger partial charge in [0.15, 0.2) is 0 Å². The average molecular weight is 338 g/mol. The maximum atomic E-state index is 12.1. The number of rotatable bonds is 4. The van der Waals surface area contributed by atoms with Crippen molar-refractivity contribution >= 4 is 23.2 Å². The Balaban J connectivity index is 1.82. The van der Waals surface area contributed by atoms with Crippen molar-refractivity contribution in [3.8, 4) is 11.6 Å². The minimum Gasteiger partial charge on any atom is -0.397 e. The van der Waals surface area contributed by atoms with Gasteiger partial charge in [-0.25, -0.2) is 9.48 Å². The monoisotopic (exact) mass is 338 g/mol. The molecule has 3 rings (SSSR count). The number of nitrogens with one attached hydrogen (secondary N) is 1. The van der Waals surface area contributed by atoms with E-state index in [1.807, 2.05) is 24.3 Å².